The molecule has 0 radical (unpaired) electrons. The molecule has 0 saturated carbocycles. The van der Waals surface area contributed by atoms with Crippen molar-refractivity contribution in [2.45, 2.75) is 44.7 Å². The van der Waals surface area contributed by atoms with Crippen LogP contribution in [-0.2, 0) is 14.8 Å². The molecule has 0 fully saturated rings. The van der Waals surface area contributed by atoms with Crippen LogP contribution in [0.4, 0.5) is 4.79 Å². The van der Waals surface area contributed by atoms with E-state index < -0.39 is 28.0 Å². The lowest BCUT2D eigenvalue weighted by molar-refractivity contribution is -0.121. The lowest BCUT2D eigenvalue weighted by Gasteiger charge is -2.21. The average molecular weight is 385 g/mol. The molecule has 1 rings (SSSR count). The Morgan fingerprint density at radius 1 is 1.08 bits per heavy atom. The SMILES string of the molecule is CCN(CC)S(=O)(=O)c1ccc([C@H](C)N[C@@H](C)C(=O)NC(=O)NC)cc1. The van der Waals surface area contributed by atoms with E-state index in [-0.39, 0.29) is 10.9 Å². The summed E-state index contributed by atoms with van der Waals surface area (Å²) in [5.74, 6) is -0.447. The number of amides is 3. The molecule has 0 bridgehead atoms. The van der Waals surface area contributed by atoms with E-state index in [1.165, 1.54) is 11.4 Å². The van der Waals surface area contributed by atoms with Gasteiger partial charge in [0.1, 0.15) is 0 Å². The number of hydrogen-bond donors (Lipinski definition) is 3. The molecule has 146 valence electrons. The fourth-order valence-corrected chi connectivity index (χ4v) is 3.93. The first-order valence-corrected chi connectivity index (χ1v) is 10.00. The fourth-order valence-electron chi connectivity index (χ4n) is 2.47. The number of benzene rings is 1. The molecule has 8 nitrogen and oxygen atoms in total. The molecule has 0 spiro atoms. The van der Waals surface area contributed by atoms with Crippen LogP contribution in [0.25, 0.3) is 0 Å². The number of sulfonamides is 1. The lowest BCUT2D eigenvalue weighted by atomic mass is 10.1. The van der Waals surface area contributed by atoms with E-state index in [0.29, 0.717) is 13.1 Å². The lowest BCUT2D eigenvalue weighted by Crippen LogP contribution is -2.47. The maximum Gasteiger partial charge on any atom is 0.321 e. The molecule has 9 heteroatoms. The number of nitrogens with one attached hydrogen (secondary N) is 3. The molecule has 0 unspecified atom stereocenters. The molecule has 1 aromatic rings. The number of carbonyl (C=O) groups excluding carboxylic acids is 2. The molecular weight excluding hydrogens is 356 g/mol. The molecule has 0 aromatic heterocycles. The minimum absolute atomic E-state index is 0.203. The van der Waals surface area contributed by atoms with E-state index in [9.17, 15) is 18.0 Å². The Kier molecular flexibility index (Phi) is 8.19. The second-order valence-electron chi connectivity index (χ2n) is 5.84. The first kappa shape index (κ1) is 22.1. The van der Waals surface area contributed by atoms with E-state index in [2.05, 4.69) is 16.0 Å². The zero-order valence-corrected chi connectivity index (χ0v) is 16.7. The Hall–Kier alpha value is -1.97. The van der Waals surface area contributed by atoms with E-state index in [1.54, 1.807) is 45.0 Å². The van der Waals surface area contributed by atoms with Crippen LogP contribution in [0.5, 0.6) is 0 Å². The van der Waals surface area contributed by atoms with Crippen molar-refractivity contribution in [3.63, 3.8) is 0 Å². The summed E-state index contributed by atoms with van der Waals surface area (Å²) in [7, 11) is -2.06. The summed E-state index contributed by atoms with van der Waals surface area (Å²) < 4.78 is 26.4. The van der Waals surface area contributed by atoms with E-state index in [1.807, 2.05) is 6.92 Å². The van der Waals surface area contributed by atoms with Gasteiger partial charge in [0, 0.05) is 26.2 Å². The Labute approximate surface area is 155 Å². The van der Waals surface area contributed by atoms with E-state index >= 15 is 0 Å². The maximum absolute atomic E-state index is 12.5. The van der Waals surface area contributed by atoms with Crippen LogP contribution in [-0.4, -0.2) is 50.8 Å². The summed E-state index contributed by atoms with van der Waals surface area (Å²) in [5.41, 5.74) is 0.836. The van der Waals surface area contributed by atoms with Crippen molar-refractivity contribution in [1.29, 1.82) is 0 Å². The van der Waals surface area contributed by atoms with Crippen LogP contribution in [0.1, 0.15) is 39.3 Å². The van der Waals surface area contributed by atoms with Crippen LogP contribution in [0.3, 0.4) is 0 Å². The van der Waals surface area contributed by atoms with Gasteiger partial charge in [0.25, 0.3) is 0 Å². The topological polar surface area (TPSA) is 108 Å². The molecule has 3 N–H and O–H groups in total. The van der Waals surface area contributed by atoms with Gasteiger partial charge < -0.3 is 5.32 Å². The van der Waals surface area contributed by atoms with Gasteiger partial charge in [-0.1, -0.05) is 26.0 Å². The Morgan fingerprint density at radius 2 is 1.62 bits per heavy atom. The minimum Gasteiger partial charge on any atom is -0.341 e. The number of rotatable bonds is 8. The Bertz CT molecular complexity index is 715. The summed E-state index contributed by atoms with van der Waals surface area (Å²) in [6, 6.07) is 5.20. The highest BCUT2D eigenvalue weighted by Crippen LogP contribution is 2.19. The standard InChI is InChI=1S/C17H28N4O4S/c1-6-21(7-2)26(24,25)15-10-8-14(9-11-15)12(3)19-13(4)16(22)20-17(23)18-5/h8-13,19H,6-7H2,1-5H3,(H2,18,20,22,23)/t12-,13-/m0/s1. The van der Waals surface area contributed by atoms with Crippen LogP contribution < -0.4 is 16.0 Å². The highest BCUT2D eigenvalue weighted by atomic mass is 32.2. The molecule has 0 aliphatic rings. The van der Waals surface area contributed by atoms with Crippen molar-refractivity contribution >= 4 is 22.0 Å². The van der Waals surface area contributed by atoms with Gasteiger partial charge in [-0.15, -0.1) is 0 Å². The summed E-state index contributed by atoms with van der Waals surface area (Å²) >= 11 is 0. The highest BCUT2D eigenvalue weighted by Gasteiger charge is 2.22. The normalized spacial score (nSPS) is 13.9. The van der Waals surface area contributed by atoms with E-state index in [4.69, 9.17) is 0 Å². The number of urea groups is 1. The van der Waals surface area contributed by atoms with Crippen LogP contribution in [0, 0.1) is 0 Å². The Morgan fingerprint density at radius 3 is 2.08 bits per heavy atom. The summed E-state index contributed by atoms with van der Waals surface area (Å²) in [4.78, 5) is 23.3. The van der Waals surface area contributed by atoms with Crippen molar-refractivity contribution in [3.05, 3.63) is 29.8 Å². The fraction of sp³-hybridized carbons (Fsp3) is 0.529. The molecule has 1 aromatic carbocycles. The van der Waals surface area contributed by atoms with Gasteiger partial charge >= 0.3 is 6.03 Å². The third kappa shape index (κ3) is 5.52. The number of nitrogens with zero attached hydrogens (tertiary/aromatic N) is 1. The van der Waals surface area contributed by atoms with Crippen molar-refractivity contribution < 1.29 is 18.0 Å². The van der Waals surface area contributed by atoms with Gasteiger partial charge in [-0.25, -0.2) is 13.2 Å². The van der Waals surface area contributed by atoms with Crippen molar-refractivity contribution in [2.24, 2.45) is 0 Å². The van der Waals surface area contributed by atoms with Crippen LogP contribution in [0.2, 0.25) is 0 Å². The molecule has 2 atom stereocenters. The zero-order chi connectivity index (χ0) is 19.9. The largest absolute Gasteiger partial charge is 0.341 e. The summed E-state index contributed by atoms with van der Waals surface area (Å²) in [5, 5.41) is 7.60. The molecule has 3 amide bonds. The molecule has 26 heavy (non-hydrogen) atoms. The average Bonchev–Trinajstić information content (AvgIpc) is 2.62. The summed E-state index contributed by atoms with van der Waals surface area (Å²) in [6.07, 6.45) is 0. The quantitative estimate of drug-likeness (QED) is 0.624. The second-order valence-corrected chi connectivity index (χ2v) is 7.77. The van der Waals surface area contributed by atoms with Crippen LogP contribution in [0.15, 0.2) is 29.2 Å². The van der Waals surface area contributed by atoms with Crippen molar-refractivity contribution in [1.82, 2.24) is 20.3 Å². The highest BCUT2D eigenvalue weighted by molar-refractivity contribution is 7.89. The second kappa shape index (κ2) is 9.65. The third-order valence-electron chi connectivity index (χ3n) is 4.08. The van der Waals surface area contributed by atoms with Crippen LogP contribution >= 0.6 is 0 Å². The molecular formula is C17H28N4O4S. The minimum atomic E-state index is -3.49. The van der Waals surface area contributed by atoms with Gasteiger partial charge in [-0.2, -0.15) is 4.31 Å². The number of carbonyl (C=O) groups is 2. The predicted molar refractivity (Wildman–Crippen MR) is 100 cm³/mol. The van der Waals surface area contributed by atoms with Gasteiger partial charge in [0.05, 0.1) is 10.9 Å². The van der Waals surface area contributed by atoms with Gasteiger partial charge in [-0.05, 0) is 31.5 Å². The summed E-state index contributed by atoms with van der Waals surface area (Å²) in [6.45, 7) is 7.93. The smallest absolute Gasteiger partial charge is 0.321 e. The third-order valence-corrected chi connectivity index (χ3v) is 6.14. The monoisotopic (exact) mass is 384 g/mol. The first-order chi connectivity index (χ1) is 12.2. The molecule has 0 heterocycles. The van der Waals surface area contributed by atoms with Gasteiger partial charge in [0.2, 0.25) is 15.9 Å². The molecule has 0 aliphatic heterocycles. The zero-order valence-electron chi connectivity index (χ0n) is 15.9. The number of hydrogen-bond acceptors (Lipinski definition) is 5. The van der Waals surface area contributed by atoms with E-state index in [0.717, 1.165) is 5.56 Å². The number of imide groups is 1. The van der Waals surface area contributed by atoms with Gasteiger partial charge in [-0.3, -0.25) is 15.4 Å². The molecule has 0 saturated heterocycles. The molecule has 0 aliphatic carbocycles. The van der Waals surface area contributed by atoms with Gasteiger partial charge in [0.15, 0.2) is 0 Å². The Balaban J connectivity index is 2.82. The van der Waals surface area contributed by atoms with Crippen molar-refractivity contribution in [2.75, 3.05) is 20.1 Å². The predicted octanol–water partition coefficient (Wildman–Crippen LogP) is 1.21. The maximum atomic E-state index is 12.5. The first-order valence-electron chi connectivity index (χ1n) is 8.56. The van der Waals surface area contributed by atoms with Crippen molar-refractivity contribution in [3.8, 4) is 0 Å².